The van der Waals surface area contributed by atoms with Crippen LogP contribution < -0.4 is 0 Å². The fourth-order valence-corrected chi connectivity index (χ4v) is 1.77. The smallest absolute Gasteiger partial charge is 0.170 e. The molecule has 0 fully saturated rings. The third-order valence-electron chi connectivity index (χ3n) is 2.79. The van der Waals surface area contributed by atoms with E-state index in [4.69, 9.17) is 0 Å². The summed E-state index contributed by atoms with van der Waals surface area (Å²) < 4.78 is 0. The average Bonchev–Trinajstić information content (AvgIpc) is 2.13. The number of carbonyl (C=O) groups is 1. The molecular weight excluding hydrogens is 162 g/mol. The predicted octanol–water partition coefficient (Wildman–Crippen LogP) is 2.24. The minimum atomic E-state index is -0.198. The van der Waals surface area contributed by atoms with Crippen molar-refractivity contribution in [2.24, 2.45) is 5.41 Å². The molecule has 0 saturated carbocycles. The van der Waals surface area contributed by atoms with Gasteiger partial charge in [-0.3, -0.25) is 9.78 Å². The molecule has 0 aliphatic heterocycles. The molecule has 0 unspecified atom stereocenters. The average molecular weight is 175 g/mol. The second-order valence-electron chi connectivity index (χ2n) is 4.25. The zero-order valence-corrected chi connectivity index (χ0v) is 8.00. The van der Waals surface area contributed by atoms with Crippen molar-refractivity contribution in [1.82, 2.24) is 4.98 Å². The Bertz CT molecular complexity index is 355. The number of hydrogen-bond acceptors (Lipinski definition) is 2. The van der Waals surface area contributed by atoms with Crippen LogP contribution in [-0.4, -0.2) is 10.8 Å². The molecule has 2 rings (SSSR count). The van der Waals surface area contributed by atoms with Gasteiger partial charge in [-0.05, 0) is 24.5 Å². The van der Waals surface area contributed by atoms with Gasteiger partial charge in [-0.1, -0.05) is 13.8 Å². The number of hydrogen-bond donors (Lipinski definition) is 0. The Morgan fingerprint density at radius 3 is 3.00 bits per heavy atom. The maximum Gasteiger partial charge on any atom is 0.170 e. The second kappa shape index (κ2) is 2.66. The van der Waals surface area contributed by atoms with Crippen LogP contribution in [0.2, 0.25) is 0 Å². The van der Waals surface area contributed by atoms with Gasteiger partial charge in [0, 0.05) is 23.4 Å². The number of ketones is 1. The van der Waals surface area contributed by atoms with Gasteiger partial charge in [0.1, 0.15) is 0 Å². The van der Waals surface area contributed by atoms with Gasteiger partial charge in [-0.25, -0.2) is 0 Å². The zero-order chi connectivity index (χ0) is 9.47. The summed E-state index contributed by atoms with van der Waals surface area (Å²) in [4.78, 5) is 15.9. The third-order valence-corrected chi connectivity index (χ3v) is 2.79. The number of fused-ring (bicyclic) bond motifs is 1. The molecular formula is C11H13NO. The number of carbonyl (C=O) groups excluding carboxylic acids is 1. The first kappa shape index (κ1) is 8.42. The number of Topliss-reactive ketones (excluding diaryl/α,β-unsaturated/α-hetero) is 1. The molecule has 1 aromatic heterocycles. The van der Waals surface area contributed by atoms with E-state index in [0.29, 0.717) is 0 Å². The molecule has 0 saturated heterocycles. The quantitative estimate of drug-likeness (QED) is 0.605. The summed E-state index contributed by atoms with van der Waals surface area (Å²) in [5, 5.41) is 0. The van der Waals surface area contributed by atoms with Crippen molar-refractivity contribution < 1.29 is 4.79 Å². The normalized spacial score (nSPS) is 19.7. The van der Waals surface area contributed by atoms with E-state index in [0.717, 1.165) is 24.0 Å². The lowest BCUT2D eigenvalue weighted by molar-refractivity contribution is 0.0810. The van der Waals surface area contributed by atoms with Gasteiger partial charge in [0.15, 0.2) is 5.78 Å². The fourth-order valence-electron chi connectivity index (χ4n) is 1.77. The summed E-state index contributed by atoms with van der Waals surface area (Å²) in [6.07, 6.45) is 5.39. The largest absolute Gasteiger partial charge is 0.294 e. The van der Waals surface area contributed by atoms with Gasteiger partial charge in [0.05, 0.1) is 0 Å². The molecule has 2 heteroatoms. The van der Waals surface area contributed by atoms with E-state index in [-0.39, 0.29) is 11.2 Å². The van der Waals surface area contributed by atoms with Gasteiger partial charge >= 0.3 is 0 Å². The predicted molar refractivity (Wildman–Crippen MR) is 50.7 cm³/mol. The molecule has 1 heterocycles. The monoisotopic (exact) mass is 175 g/mol. The molecule has 0 bridgehead atoms. The van der Waals surface area contributed by atoms with E-state index in [1.807, 2.05) is 19.9 Å². The van der Waals surface area contributed by atoms with Crippen molar-refractivity contribution in [3.63, 3.8) is 0 Å². The summed E-state index contributed by atoms with van der Waals surface area (Å²) in [7, 11) is 0. The Labute approximate surface area is 78.0 Å². The molecule has 13 heavy (non-hydrogen) atoms. The van der Waals surface area contributed by atoms with E-state index in [1.54, 1.807) is 12.4 Å². The van der Waals surface area contributed by atoms with Crippen molar-refractivity contribution >= 4 is 5.78 Å². The molecule has 68 valence electrons. The molecule has 1 aliphatic rings. The second-order valence-corrected chi connectivity index (χ2v) is 4.25. The highest BCUT2D eigenvalue weighted by Gasteiger charge is 2.33. The fraction of sp³-hybridized carbons (Fsp3) is 0.455. The van der Waals surface area contributed by atoms with Crippen molar-refractivity contribution in [1.29, 1.82) is 0 Å². The topological polar surface area (TPSA) is 30.0 Å². The van der Waals surface area contributed by atoms with Crippen LogP contribution in [0.5, 0.6) is 0 Å². The van der Waals surface area contributed by atoms with Crippen molar-refractivity contribution in [3.8, 4) is 0 Å². The minimum Gasteiger partial charge on any atom is -0.294 e. The van der Waals surface area contributed by atoms with Crippen LogP contribution >= 0.6 is 0 Å². The van der Waals surface area contributed by atoms with Crippen LogP contribution in [0.1, 0.15) is 36.2 Å². The zero-order valence-electron chi connectivity index (χ0n) is 8.00. The highest BCUT2D eigenvalue weighted by Crippen LogP contribution is 2.33. The summed E-state index contributed by atoms with van der Waals surface area (Å²) in [6.45, 7) is 4.01. The SMILES string of the molecule is CC1(C)CCc2ccncc2C1=O. The van der Waals surface area contributed by atoms with E-state index >= 15 is 0 Å². The maximum atomic E-state index is 11.9. The van der Waals surface area contributed by atoms with Crippen molar-refractivity contribution in [2.75, 3.05) is 0 Å². The number of nitrogens with zero attached hydrogens (tertiary/aromatic N) is 1. The number of pyridine rings is 1. The molecule has 0 atom stereocenters. The van der Waals surface area contributed by atoms with Crippen LogP contribution in [0.25, 0.3) is 0 Å². The Kier molecular flexibility index (Phi) is 1.72. The van der Waals surface area contributed by atoms with Gasteiger partial charge in [-0.15, -0.1) is 0 Å². The molecule has 0 N–H and O–H groups in total. The Balaban J connectivity index is 2.52. The lowest BCUT2D eigenvalue weighted by atomic mass is 9.74. The van der Waals surface area contributed by atoms with Gasteiger partial charge < -0.3 is 0 Å². The molecule has 1 aliphatic carbocycles. The van der Waals surface area contributed by atoms with Gasteiger partial charge in [0.25, 0.3) is 0 Å². The molecule has 0 spiro atoms. The van der Waals surface area contributed by atoms with E-state index in [9.17, 15) is 4.79 Å². The first-order chi connectivity index (χ1) is 6.11. The summed E-state index contributed by atoms with van der Waals surface area (Å²) in [5.41, 5.74) is 1.77. The summed E-state index contributed by atoms with van der Waals surface area (Å²) >= 11 is 0. The standard InChI is InChI=1S/C11H13NO/c1-11(2)5-3-8-4-6-12-7-9(8)10(11)13/h4,6-7H,3,5H2,1-2H3. The number of rotatable bonds is 0. The molecule has 0 radical (unpaired) electrons. The minimum absolute atomic E-state index is 0.198. The Hall–Kier alpha value is -1.18. The highest BCUT2D eigenvalue weighted by molar-refractivity contribution is 6.01. The van der Waals surface area contributed by atoms with Gasteiger partial charge in [0.2, 0.25) is 0 Å². The molecule has 0 aromatic carbocycles. The molecule has 1 aromatic rings. The van der Waals surface area contributed by atoms with E-state index in [1.165, 1.54) is 0 Å². The lowest BCUT2D eigenvalue weighted by Gasteiger charge is -2.28. The van der Waals surface area contributed by atoms with Crippen LogP contribution in [0, 0.1) is 5.41 Å². The van der Waals surface area contributed by atoms with Gasteiger partial charge in [-0.2, -0.15) is 0 Å². The number of aromatic nitrogens is 1. The maximum absolute atomic E-state index is 11.9. The van der Waals surface area contributed by atoms with Crippen LogP contribution in [0.4, 0.5) is 0 Å². The van der Waals surface area contributed by atoms with Crippen molar-refractivity contribution in [2.45, 2.75) is 26.7 Å². The Morgan fingerprint density at radius 1 is 1.46 bits per heavy atom. The third kappa shape index (κ3) is 1.26. The number of aryl methyl sites for hydroxylation is 1. The Morgan fingerprint density at radius 2 is 2.23 bits per heavy atom. The van der Waals surface area contributed by atoms with Crippen LogP contribution in [0.3, 0.4) is 0 Å². The van der Waals surface area contributed by atoms with E-state index < -0.39 is 0 Å². The first-order valence-electron chi connectivity index (χ1n) is 4.59. The highest BCUT2D eigenvalue weighted by atomic mass is 16.1. The lowest BCUT2D eigenvalue weighted by Crippen LogP contribution is -2.30. The van der Waals surface area contributed by atoms with Crippen molar-refractivity contribution in [3.05, 3.63) is 29.6 Å². The first-order valence-corrected chi connectivity index (χ1v) is 4.59. The molecule has 0 amide bonds. The molecule has 2 nitrogen and oxygen atoms in total. The van der Waals surface area contributed by atoms with E-state index in [2.05, 4.69) is 4.98 Å². The summed E-state index contributed by atoms with van der Waals surface area (Å²) in [6, 6.07) is 1.95. The van der Waals surface area contributed by atoms with Crippen LogP contribution in [0.15, 0.2) is 18.5 Å². The van der Waals surface area contributed by atoms with Crippen LogP contribution in [-0.2, 0) is 6.42 Å². The summed E-state index contributed by atoms with van der Waals surface area (Å²) in [5.74, 6) is 0.238.